The molecule has 6 heteroatoms. The van der Waals surface area contributed by atoms with Gasteiger partial charge in [-0.1, -0.05) is 18.2 Å². The van der Waals surface area contributed by atoms with Gasteiger partial charge in [0.2, 0.25) is 11.8 Å². The van der Waals surface area contributed by atoms with Crippen molar-refractivity contribution in [2.24, 2.45) is 0 Å². The number of carbonyl (C=O) groups excluding carboxylic acids is 2. The predicted molar refractivity (Wildman–Crippen MR) is 112 cm³/mol. The van der Waals surface area contributed by atoms with Gasteiger partial charge in [0.25, 0.3) is 0 Å². The molecule has 0 bridgehead atoms. The van der Waals surface area contributed by atoms with E-state index in [1.165, 1.54) is 5.57 Å². The molecule has 1 aromatic carbocycles. The number of fused-ring (bicyclic) bond motifs is 1. The molecule has 0 unspecified atom stereocenters. The second-order valence-electron chi connectivity index (χ2n) is 7.15. The number of ether oxygens (including phenoxy) is 1. The topological polar surface area (TPSA) is 71.5 Å². The van der Waals surface area contributed by atoms with Crippen molar-refractivity contribution in [1.82, 2.24) is 9.88 Å². The van der Waals surface area contributed by atoms with Crippen molar-refractivity contribution in [3.8, 4) is 5.75 Å². The first-order valence-electron chi connectivity index (χ1n) is 9.71. The maximum atomic E-state index is 12.6. The van der Waals surface area contributed by atoms with Gasteiger partial charge in [-0.25, -0.2) is 4.98 Å². The van der Waals surface area contributed by atoms with Crippen LogP contribution in [0, 0.1) is 0 Å². The van der Waals surface area contributed by atoms with E-state index in [0.717, 1.165) is 28.9 Å². The lowest BCUT2D eigenvalue weighted by atomic mass is 9.99. The SMILES string of the molecule is COc1cccc(C2=CCN(C(=O)C=Cc3cnc4c(c3)CCC(=O)N4)CC2)c1. The van der Waals surface area contributed by atoms with Gasteiger partial charge in [0.05, 0.1) is 7.11 Å². The Labute approximate surface area is 169 Å². The number of rotatable bonds is 4. The van der Waals surface area contributed by atoms with Crippen LogP contribution in [0.15, 0.2) is 48.7 Å². The van der Waals surface area contributed by atoms with Crippen LogP contribution in [-0.4, -0.2) is 41.9 Å². The average Bonchev–Trinajstić information content (AvgIpc) is 2.77. The minimum Gasteiger partial charge on any atom is -0.497 e. The van der Waals surface area contributed by atoms with Crippen molar-refractivity contribution < 1.29 is 14.3 Å². The third-order valence-electron chi connectivity index (χ3n) is 5.25. The van der Waals surface area contributed by atoms with Crippen LogP contribution in [0.1, 0.15) is 29.5 Å². The van der Waals surface area contributed by atoms with Gasteiger partial charge in [0, 0.05) is 31.8 Å². The Kier molecular flexibility index (Phi) is 5.42. The van der Waals surface area contributed by atoms with Crippen LogP contribution in [-0.2, 0) is 16.0 Å². The van der Waals surface area contributed by atoms with Gasteiger partial charge >= 0.3 is 0 Å². The molecule has 0 fully saturated rings. The molecule has 148 valence electrons. The number of pyridine rings is 1. The Morgan fingerprint density at radius 2 is 2.14 bits per heavy atom. The Morgan fingerprint density at radius 1 is 1.24 bits per heavy atom. The molecule has 3 heterocycles. The molecule has 2 amide bonds. The van der Waals surface area contributed by atoms with Crippen LogP contribution in [0.5, 0.6) is 5.75 Å². The molecule has 0 saturated heterocycles. The quantitative estimate of drug-likeness (QED) is 0.815. The molecule has 1 N–H and O–H groups in total. The highest BCUT2D eigenvalue weighted by atomic mass is 16.5. The third-order valence-corrected chi connectivity index (χ3v) is 5.25. The van der Waals surface area contributed by atoms with E-state index in [1.807, 2.05) is 29.2 Å². The number of hydrogen-bond acceptors (Lipinski definition) is 4. The summed E-state index contributed by atoms with van der Waals surface area (Å²) >= 11 is 0. The Bertz CT molecular complexity index is 1010. The normalized spacial score (nSPS) is 16.2. The lowest BCUT2D eigenvalue weighted by Crippen LogP contribution is -2.33. The molecule has 2 aliphatic rings. The minimum atomic E-state index is -0.0167. The summed E-state index contributed by atoms with van der Waals surface area (Å²) in [5.41, 5.74) is 4.23. The summed E-state index contributed by atoms with van der Waals surface area (Å²) in [5.74, 6) is 1.44. The van der Waals surface area contributed by atoms with Gasteiger partial charge in [-0.05, 0) is 59.4 Å². The average molecular weight is 389 g/mol. The lowest BCUT2D eigenvalue weighted by Gasteiger charge is -2.25. The summed E-state index contributed by atoms with van der Waals surface area (Å²) in [6.07, 6.45) is 9.11. The molecular weight excluding hydrogens is 366 g/mol. The highest BCUT2D eigenvalue weighted by Crippen LogP contribution is 2.26. The molecule has 0 spiro atoms. The number of aryl methyl sites for hydroxylation is 1. The molecule has 0 aliphatic carbocycles. The maximum absolute atomic E-state index is 12.6. The smallest absolute Gasteiger partial charge is 0.246 e. The van der Waals surface area contributed by atoms with E-state index in [1.54, 1.807) is 25.5 Å². The molecule has 4 rings (SSSR count). The molecule has 6 nitrogen and oxygen atoms in total. The van der Waals surface area contributed by atoms with Crippen LogP contribution < -0.4 is 10.1 Å². The van der Waals surface area contributed by atoms with Gasteiger partial charge in [-0.15, -0.1) is 0 Å². The fraction of sp³-hybridized carbons (Fsp3) is 0.261. The van der Waals surface area contributed by atoms with E-state index >= 15 is 0 Å². The van der Waals surface area contributed by atoms with E-state index in [0.29, 0.717) is 31.7 Å². The lowest BCUT2D eigenvalue weighted by molar-refractivity contribution is -0.125. The number of aromatic nitrogens is 1. The Hall–Kier alpha value is -3.41. The number of amides is 2. The monoisotopic (exact) mass is 389 g/mol. The molecule has 0 saturated carbocycles. The fourth-order valence-corrected chi connectivity index (χ4v) is 3.59. The van der Waals surface area contributed by atoms with Crippen molar-refractivity contribution >= 4 is 29.3 Å². The van der Waals surface area contributed by atoms with Crippen molar-refractivity contribution in [2.75, 3.05) is 25.5 Å². The van der Waals surface area contributed by atoms with Crippen LogP contribution in [0.3, 0.4) is 0 Å². The van der Waals surface area contributed by atoms with Gasteiger partial charge in [-0.2, -0.15) is 0 Å². The minimum absolute atomic E-state index is 0.00469. The number of methoxy groups -OCH3 is 1. The number of nitrogens with zero attached hydrogens (tertiary/aromatic N) is 2. The zero-order chi connectivity index (χ0) is 20.2. The standard InChI is InChI=1S/C23H23N3O3/c1-29-20-4-2-3-18(14-20)17-9-11-26(12-10-17)22(28)8-5-16-13-19-6-7-21(27)25-23(19)24-15-16/h2-5,8-9,13-15H,6-7,10-12H2,1H3,(H,24,25,27). The van der Waals surface area contributed by atoms with Gasteiger partial charge < -0.3 is 15.0 Å². The summed E-state index contributed by atoms with van der Waals surface area (Å²) < 4.78 is 5.29. The number of carbonyl (C=O) groups is 2. The van der Waals surface area contributed by atoms with E-state index < -0.39 is 0 Å². The highest BCUT2D eigenvalue weighted by Gasteiger charge is 2.17. The molecular formula is C23H23N3O3. The summed E-state index contributed by atoms with van der Waals surface area (Å²) in [5, 5.41) is 2.76. The molecule has 29 heavy (non-hydrogen) atoms. The Morgan fingerprint density at radius 3 is 2.93 bits per heavy atom. The number of hydrogen-bond donors (Lipinski definition) is 1. The van der Waals surface area contributed by atoms with Crippen LogP contribution in [0.4, 0.5) is 5.82 Å². The number of benzene rings is 1. The largest absolute Gasteiger partial charge is 0.497 e. The van der Waals surface area contributed by atoms with E-state index in [2.05, 4.69) is 22.4 Å². The third kappa shape index (κ3) is 4.37. The van der Waals surface area contributed by atoms with Crippen molar-refractivity contribution in [3.63, 3.8) is 0 Å². The van der Waals surface area contributed by atoms with E-state index in [-0.39, 0.29) is 11.8 Å². The first-order chi connectivity index (χ1) is 14.1. The zero-order valence-electron chi connectivity index (χ0n) is 16.4. The van der Waals surface area contributed by atoms with E-state index in [4.69, 9.17) is 4.74 Å². The van der Waals surface area contributed by atoms with Crippen LogP contribution in [0.2, 0.25) is 0 Å². The fourth-order valence-electron chi connectivity index (χ4n) is 3.59. The first kappa shape index (κ1) is 18.9. The predicted octanol–water partition coefficient (Wildman–Crippen LogP) is 3.30. The summed E-state index contributed by atoms with van der Waals surface area (Å²) in [6, 6.07) is 9.97. The Balaban J connectivity index is 1.39. The van der Waals surface area contributed by atoms with Crippen molar-refractivity contribution in [3.05, 3.63) is 65.4 Å². The zero-order valence-corrected chi connectivity index (χ0v) is 16.4. The summed E-state index contributed by atoms with van der Waals surface area (Å²) in [4.78, 5) is 30.1. The van der Waals surface area contributed by atoms with Crippen molar-refractivity contribution in [2.45, 2.75) is 19.3 Å². The summed E-state index contributed by atoms with van der Waals surface area (Å²) in [7, 11) is 1.66. The van der Waals surface area contributed by atoms with E-state index in [9.17, 15) is 9.59 Å². The molecule has 2 aliphatic heterocycles. The van der Waals surface area contributed by atoms with Gasteiger partial charge in [0.1, 0.15) is 11.6 Å². The number of nitrogens with one attached hydrogen (secondary N) is 1. The second-order valence-corrected chi connectivity index (χ2v) is 7.15. The van der Waals surface area contributed by atoms with Crippen LogP contribution >= 0.6 is 0 Å². The van der Waals surface area contributed by atoms with Crippen LogP contribution in [0.25, 0.3) is 11.6 Å². The molecule has 1 aromatic heterocycles. The van der Waals surface area contributed by atoms with Gasteiger partial charge in [0.15, 0.2) is 0 Å². The highest BCUT2D eigenvalue weighted by molar-refractivity contribution is 5.94. The number of anilines is 1. The van der Waals surface area contributed by atoms with Crippen molar-refractivity contribution in [1.29, 1.82) is 0 Å². The maximum Gasteiger partial charge on any atom is 0.246 e. The molecule has 2 aromatic rings. The molecule has 0 radical (unpaired) electrons. The molecule has 0 atom stereocenters. The summed E-state index contributed by atoms with van der Waals surface area (Å²) in [6.45, 7) is 1.27. The second kappa shape index (κ2) is 8.31. The first-order valence-corrected chi connectivity index (χ1v) is 9.71. The van der Waals surface area contributed by atoms with Gasteiger partial charge in [-0.3, -0.25) is 9.59 Å².